The van der Waals surface area contributed by atoms with Crippen LogP contribution in [0.5, 0.6) is 0 Å². The van der Waals surface area contributed by atoms with Gasteiger partial charge in [0.05, 0.1) is 18.0 Å². The zero-order chi connectivity index (χ0) is 22.9. The maximum Gasteiger partial charge on any atom is 0.0883 e. The standard InChI is InChI=1S/C29H50O3/c1-28(2,21-8-14-25(30)15-9-21)20-4-6-22(7-5-20)29(3,23-10-16-26(31)17-11-23)24-12-18-27(32)19-13-24/h16,20-25,27,30-32H,4-15,17-19H2,1-3H3. The molecule has 2 atom stereocenters. The predicted octanol–water partition coefficient (Wildman–Crippen LogP) is 7.17. The highest BCUT2D eigenvalue weighted by Gasteiger charge is 2.50. The van der Waals surface area contributed by atoms with E-state index < -0.39 is 0 Å². The molecule has 0 aromatic heterocycles. The minimum atomic E-state index is -0.0867. The van der Waals surface area contributed by atoms with E-state index in [-0.39, 0.29) is 12.2 Å². The smallest absolute Gasteiger partial charge is 0.0883 e. The molecule has 0 aromatic carbocycles. The summed E-state index contributed by atoms with van der Waals surface area (Å²) in [4.78, 5) is 0. The van der Waals surface area contributed by atoms with Crippen molar-refractivity contribution >= 4 is 0 Å². The maximum atomic E-state index is 10.2. The number of rotatable bonds is 5. The highest BCUT2D eigenvalue weighted by molar-refractivity contribution is 5.05. The first kappa shape index (κ1) is 24.6. The summed E-state index contributed by atoms with van der Waals surface area (Å²) in [5.41, 5.74) is 0.719. The Bertz CT molecular complexity index is 631. The Labute approximate surface area is 197 Å². The molecule has 184 valence electrons. The van der Waals surface area contributed by atoms with Crippen LogP contribution in [-0.4, -0.2) is 27.5 Å². The fourth-order valence-electron chi connectivity index (χ4n) is 8.70. The Balaban J connectivity index is 1.45. The van der Waals surface area contributed by atoms with Crippen LogP contribution in [0.2, 0.25) is 0 Å². The summed E-state index contributed by atoms with van der Waals surface area (Å²) in [5, 5.41) is 30.2. The summed E-state index contributed by atoms with van der Waals surface area (Å²) in [6.07, 6.45) is 19.1. The topological polar surface area (TPSA) is 60.7 Å². The fraction of sp³-hybridized carbons (Fsp3) is 0.931. The Morgan fingerprint density at radius 2 is 1.00 bits per heavy atom. The number of aliphatic hydroxyl groups is 3. The third-order valence-corrected chi connectivity index (χ3v) is 11.3. The minimum Gasteiger partial charge on any atom is -0.513 e. The summed E-state index contributed by atoms with van der Waals surface area (Å²) >= 11 is 0. The Morgan fingerprint density at radius 3 is 1.44 bits per heavy atom. The second-order valence-electron chi connectivity index (χ2n) is 12.9. The zero-order valence-electron chi connectivity index (χ0n) is 21.1. The monoisotopic (exact) mass is 446 g/mol. The molecule has 0 spiro atoms. The van der Waals surface area contributed by atoms with Gasteiger partial charge in [0.15, 0.2) is 0 Å². The first-order valence-electron chi connectivity index (χ1n) is 13.9. The SMILES string of the molecule is CC(C)(C1CCC(O)CC1)C1CCC(C(C)(C2CC=C(O)CC2)C2CCC(O)CC2)CC1. The van der Waals surface area contributed by atoms with Gasteiger partial charge in [-0.15, -0.1) is 0 Å². The highest BCUT2D eigenvalue weighted by Crippen LogP contribution is 2.58. The molecule has 4 aliphatic rings. The van der Waals surface area contributed by atoms with Gasteiger partial charge in [-0.05, 0) is 136 Å². The Kier molecular flexibility index (Phi) is 7.67. The van der Waals surface area contributed by atoms with Gasteiger partial charge in [-0.2, -0.15) is 0 Å². The average Bonchev–Trinajstić information content (AvgIpc) is 2.80. The van der Waals surface area contributed by atoms with Gasteiger partial charge >= 0.3 is 0 Å². The third kappa shape index (κ3) is 4.95. The molecule has 4 aliphatic carbocycles. The van der Waals surface area contributed by atoms with Gasteiger partial charge in [0.25, 0.3) is 0 Å². The summed E-state index contributed by atoms with van der Waals surface area (Å²) < 4.78 is 0. The van der Waals surface area contributed by atoms with Gasteiger partial charge in [-0.25, -0.2) is 0 Å². The summed E-state index contributed by atoms with van der Waals surface area (Å²) in [6, 6.07) is 0. The van der Waals surface area contributed by atoms with Crippen molar-refractivity contribution in [3.8, 4) is 0 Å². The molecule has 3 saturated carbocycles. The minimum absolute atomic E-state index is 0.0588. The van der Waals surface area contributed by atoms with Crippen molar-refractivity contribution in [1.82, 2.24) is 0 Å². The van der Waals surface area contributed by atoms with E-state index in [1.165, 1.54) is 51.4 Å². The van der Waals surface area contributed by atoms with Gasteiger partial charge in [0, 0.05) is 6.42 Å². The largest absolute Gasteiger partial charge is 0.513 e. The molecular formula is C29H50O3. The summed E-state index contributed by atoms with van der Waals surface area (Å²) in [6.45, 7) is 7.66. The van der Waals surface area contributed by atoms with Crippen LogP contribution >= 0.6 is 0 Å². The van der Waals surface area contributed by atoms with Crippen LogP contribution in [0.3, 0.4) is 0 Å². The zero-order valence-corrected chi connectivity index (χ0v) is 21.1. The quantitative estimate of drug-likeness (QED) is 0.419. The second kappa shape index (κ2) is 9.98. The second-order valence-corrected chi connectivity index (χ2v) is 12.9. The predicted molar refractivity (Wildman–Crippen MR) is 131 cm³/mol. The van der Waals surface area contributed by atoms with Crippen molar-refractivity contribution in [1.29, 1.82) is 0 Å². The van der Waals surface area contributed by atoms with E-state index in [0.29, 0.717) is 22.5 Å². The summed E-state index contributed by atoms with van der Waals surface area (Å²) in [7, 11) is 0. The van der Waals surface area contributed by atoms with Crippen LogP contribution in [0.15, 0.2) is 11.8 Å². The van der Waals surface area contributed by atoms with E-state index >= 15 is 0 Å². The van der Waals surface area contributed by atoms with Gasteiger partial charge < -0.3 is 15.3 Å². The lowest BCUT2D eigenvalue weighted by atomic mass is 9.50. The van der Waals surface area contributed by atoms with Crippen LogP contribution in [0.25, 0.3) is 0 Å². The molecule has 0 aromatic rings. The van der Waals surface area contributed by atoms with E-state index in [1.54, 1.807) is 0 Å². The van der Waals surface area contributed by atoms with E-state index in [1.807, 2.05) is 0 Å². The lowest BCUT2D eigenvalue weighted by Gasteiger charge is -2.55. The van der Waals surface area contributed by atoms with Crippen LogP contribution < -0.4 is 0 Å². The van der Waals surface area contributed by atoms with Crippen molar-refractivity contribution in [3.63, 3.8) is 0 Å². The molecule has 0 bridgehead atoms. The van der Waals surface area contributed by atoms with E-state index in [9.17, 15) is 15.3 Å². The lowest BCUT2D eigenvalue weighted by Crippen LogP contribution is -2.47. The van der Waals surface area contributed by atoms with E-state index in [2.05, 4.69) is 26.8 Å². The van der Waals surface area contributed by atoms with Crippen molar-refractivity contribution in [2.45, 2.75) is 129 Å². The Hall–Kier alpha value is -0.540. The van der Waals surface area contributed by atoms with Crippen LogP contribution in [0.4, 0.5) is 0 Å². The van der Waals surface area contributed by atoms with Gasteiger partial charge in [0.1, 0.15) is 0 Å². The van der Waals surface area contributed by atoms with Crippen molar-refractivity contribution < 1.29 is 15.3 Å². The molecule has 0 heterocycles. The highest BCUT2D eigenvalue weighted by atomic mass is 16.3. The lowest BCUT2D eigenvalue weighted by molar-refractivity contribution is -0.0581. The number of hydrogen-bond acceptors (Lipinski definition) is 3. The molecule has 3 N–H and O–H groups in total. The molecule has 4 rings (SSSR count). The molecule has 3 nitrogen and oxygen atoms in total. The molecule has 2 unspecified atom stereocenters. The van der Waals surface area contributed by atoms with Gasteiger partial charge in [-0.3, -0.25) is 0 Å². The number of hydrogen-bond donors (Lipinski definition) is 3. The first-order chi connectivity index (χ1) is 15.2. The van der Waals surface area contributed by atoms with Crippen LogP contribution in [0.1, 0.15) is 117 Å². The molecule has 3 heteroatoms. The molecule has 0 saturated heterocycles. The summed E-state index contributed by atoms with van der Waals surface area (Å²) in [5.74, 6) is 4.36. The van der Waals surface area contributed by atoms with Gasteiger partial charge in [-0.1, -0.05) is 20.8 Å². The first-order valence-corrected chi connectivity index (χ1v) is 13.9. The van der Waals surface area contributed by atoms with Crippen LogP contribution in [-0.2, 0) is 0 Å². The molecular weight excluding hydrogens is 396 g/mol. The fourth-order valence-corrected chi connectivity index (χ4v) is 8.70. The molecule has 0 radical (unpaired) electrons. The van der Waals surface area contributed by atoms with E-state index in [4.69, 9.17) is 0 Å². The average molecular weight is 447 g/mol. The maximum absolute atomic E-state index is 10.2. The Morgan fingerprint density at radius 1 is 0.594 bits per heavy atom. The van der Waals surface area contributed by atoms with Crippen molar-refractivity contribution in [3.05, 3.63) is 11.8 Å². The van der Waals surface area contributed by atoms with Crippen molar-refractivity contribution in [2.75, 3.05) is 0 Å². The van der Waals surface area contributed by atoms with Crippen molar-refractivity contribution in [2.24, 2.45) is 40.4 Å². The number of allylic oxidation sites excluding steroid dienone is 2. The number of aliphatic hydroxyl groups excluding tert-OH is 3. The third-order valence-electron chi connectivity index (χ3n) is 11.3. The molecule has 32 heavy (non-hydrogen) atoms. The van der Waals surface area contributed by atoms with E-state index in [0.717, 1.165) is 68.6 Å². The van der Waals surface area contributed by atoms with Gasteiger partial charge in [0.2, 0.25) is 0 Å². The molecule has 0 amide bonds. The molecule has 3 fully saturated rings. The van der Waals surface area contributed by atoms with Crippen LogP contribution in [0, 0.1) is 40.4 Å². The normalized spacial score (nSPS) is 41.5. The molecule has 0 aliphatic heterocycles.